The summed E-state index contributed by atoms with van der Waals surface area (Å²) in [7, 11) is 0. The van der Waals surface area contributed by atoms with Crippen molar-refractivity contribution in [3.05, 3.63) is 28.8 Å². The molecule has 0 bridgehead atoms. The number of hydrogen-bond acceptors (Lipinski definition) is 2. The normalized spacial score (nSPS) is 21.4. The van der Waals surface area contributed by atoms with Crippen molar-refractivity contribution in [1.29, 1.82) is 0 Å². The molecule has 0 atom stereocenters. The molecule has 2 fully saturated rings. The third-order valence-electron chi connectivity index (χ3n) is 5.02. The summed E-state index contributed by atoms with van der Waals surface area (Å²) in [5, 5.41) is 9.53. The van der Waals surface area contributed by atoms with Gasteiger partial charge in [0.2, 0.25) is 0 Å². The molecule has 1 saturated heterocycles. The highest BCUT2D eigenvalue weighted by atomic mass is 35.5. The first-order chi connectivity index (χ1) is 9.60. The summed E-state index contributed by atoms with van der Waals surface area (Å²) in [6, 6.07) is 5.04. The minimum absolute atomic E-state index is 0.253. The zero-order valence-corrected chi connectivity index (χ0v) is 12.3. The summed E-state index contributed by atoms with van der Waals surface area (Å²) in [4.78, 5) is 13.2. The maximum Gasteiger partial charge on any atom is 0.335 e. The summed E-state index contributed by atoms with van der Waals surface area (Å²) >= 11 is 6.25. The van der Waals surface area contributed by atoms with Crippen LogP contribution < -0.4 is 4.90 Å². The fraction of sp³-hybridized carbons (Fsp3) is 0.562. The van der Waals surface area contributed by atoms with E-state index in [9.17, 15) is 4.79 Å². The van der Waals surface area contributed by atoms with Crippen LogP contribution in [0.4, 0.5) is 5.69 Å². The Balaban J connectivity index is 1.73. The van der Waals surface area contributed by atoms with Gasteiger partial charge in [-0.25, -0.2) is 4.79 Å². The molecule has 0 aromatic heterocycles. The third-order valence-corrected chi connectivity index (χ3v) is 5.33. The van der Waals surface area contributed by atoms with E-state index in [1.54, 1.807) is 12.1 Å². The topological polar surface area (TPSA) is 40.5 Å². The van der Waals surface area contributed by atoms with E-state index in [-0.39, 0.29) is 5.56 Å². The van der Waals surface area contributed by atoms with Crippen LogP contribution >= 0.6 is 11.6 Å². The van der Waals surface area contributed by atoms with E-state index in [0.717, 1.165) is 18.8 Å². The first kappa shape index (κ1) is 13.7. The molecule has 1 heterocycles. The molecular formula is C16H20ClNO2. The molecule has 1 aromatic carbocycles. The lowest BCUT2D eigenvalue weighted by molar-refractivity contribution is 0.0697. The Bertz CT molecular complexity index is 513. The van der Waals surface area contributed by atoms with E-state index in [1.165, 1.54) is 38.5 Å². The zero-order chi connectivity index (χ0) is 14.2. The van der Waals surface area contributed by atoms with Crippen LogP contribution in [0.25, 0.3) is 0 Å². The molecule has 1 aliphatic carbocycles. The molecule has 0 amide bonds. The molecule has 3 nitrogen and oxygen atoms in total. The Hall–Kier alpha value is -1.22. The van der Waals surface area contributed by atoms with Crippen molar-refractivity contribution in [3.63, 3.8) is 0 Å². The molecule has 1 aromatic rings. The van der Waals surface area contributed by atoms with Gasteiger partial charge in [-0.3, -0.25) is 0 Å². The Labute approximate surface area is 124 Å². The van der Waals surface area contributed by atoms with E-state index in [2.05, 4.69) is 4.90 Å². The van der Waals surface area contributed by atoms with Crippen LogP contribution in [0.2, 0.25) is 5.02 Å². The number of carboxylic acids is 1. The molecule has 20 heavy (non-hydrogen) atoms. The van der Waals surface area contributed by atoms with Crippen LogP contribution in [0.5, 0.6) is 0 Å². The summed E-state index contributed by atoms with van der Waals surface area (Å²) in [6.45, 7) is 2.07. The van der Waals surface area contributed by atoms with Crippen LogP contribution in [0.15, 0.2) is 18.2 Å². The molecular weight excluding hydrogens is 274 g/mol. The smallest absolute Gasteiger partial charge is 0.335 e. The zero-order valence-electron chi connectivity index (χ0n) is 11.6. The van der Waals surface area contributed by atoms with Gasteiger partial charge in [0.05, 0.1) is 16.3 Å². The Morgan fingerprint density at radius 1 is 1.15 bits per heavy atom. The largest absolute Gasteiger partial charge is 0.478 e. The summed E-state index contributed by atoms with van der Waals surface area (Å²) in [5.41, 5.74) is 1.82. The van der Waals surface area contributed by atoms with Crippen molar-refractivity contribution in [2.24, 2.45) is 5.41 Å². The van der Waals surface area contributed by atoms with Crippen LogP contribution in [0, 0.1) is 5.41 Å². The number of hydrogen-bond donors (Lipinski definition) is 1. The van der Waals surface area contributed by atoms with E-state index in [0.29, 0.717) is 10.4 Å². The van der Waals surface area contributed by atoms with Crippen molar-refractivity contribution in [3.8, 4) is 0 Å². The second-order valence-electron chi connectivity index (χ2n) is 6.17. The molecule has 2 aliphatic rings. The van der Waals surface area contributed by atoms with Crippen LogP contribution in [0.1, 0.15) is 48.9 Å². The van der Waals surface area contributed by atoms with Crippen LogP contribution in [-0.2, 0) is 0 Å². The second kappa shape index (κ2) is 5.28. The lowest BCUT2D eigenvalue weighted by atomic mass is 9.77. The lowest BCUT2D eigenvalue weighted by Crippen LogP contribution is -2.39. The van der Waals surface area contributed by atoms with Crippen molar-refractivity contribution in [2.75, 3.05) is 18.0 Å². The van der Waals surface area contributed by atoms with Crippen LogP contribution in [0.3, 0.4) is 0 Å². The molecule has 1 saturated carbocycles. The minimum atomic E-state index is -0.929. The van der Waals surface area contributed by atoms with Gasteiger partial charge in [-0.15, -0.1) is 0 Å². The van der Waals surface area contributed by atoms with Crippen molar-refractivity contribution < 1.29 is 9.90 Å². The number of aromatic carboxylic acids is 1. The van der Waals surface area contributed by atoms with Gasteiger partial charge < -0.3 is 10.0 Å². The first-order valence-corrected chi connectivity index (χ1v) is 7.75. The molecule has 0 unspecified atom stereocenters. The average molecular weight is 294 g/mol. The summed E-state index contributed by atoms with van der Waals surface area (Å²) in [6.07, 6.45) is 8.01. The fourth-order valence-electron chi connectivity index (χ4n) is 3.74. The van der Waals surface area contributed by atoms with Gasteiger partial charge in [-0.05, 0) is 49.3 Å². The number of carbonyl (C=O) groups is 1. The van der Waals surface area contributed by atoms with E-state index in [1.807, 2.05) is 6.07 Å². The highest BCUT2D eigenvalue weighted by Crippen LogP contribution is 2.47. The number of rotatable bonds is 2. The minimum Gasteiger partial charge on any atom is -0.478 e. The van der Waals surface area contributed by atoms with Crippen molar-refractivity contribution in [2.45, 2.75) is 38.5 Å². The van der Waals surface area contributed by atoms with E-state index < -0.39 is 5.97 Å². The number of benzene rings is 1. The highest BCUT2D eigenvalue weighted by Gasteiger charge is 2.37. The van der Waals surface area contributed by atoms with Gasteiger partial charge >= 0.3 is 5.97 Å². The Kier molecular flexibility index (Phi) is 3.63. The molecule has 1 aliphatic heterocycles. The van der Waals surface area contributed by atoms with Gasteiger partial charge in [0.1, 0.15) is 0 Å². The average Bonchev–Trinajstić information content (AvgIpc) is 2.88. The number of anilines is 1. The molecule has 4 heteroatoms. The Morgan fingerprint density at radius 2 is 1.80 bits per heavy atom. The monoisotopic (exact) mass is 293 g/mol. The molecule has 1 spiro atoms. The quantitative estimate of drug-likeness (QED) is 0.888. The van der Waals surface area contributed by atoms with Gasteiger partial charge in [0.15, 0.2) is 0 Å². The highest BCUT2D eigenvalue weighted by molar-refractivity contribution is 6.33. The maximum atomic E-state index is 10.9. The number of piperidine rings is 1. The van der Waals surface area contributed by atoms with Crippen LogP contribution in [-0.4, -0.2) is 24.2 Å². The molecule has 0 radical (unpaired) electrons. The molecule has 3 rings (SSSR count). The predicted octanol–water partition coefficient (Wildman–Crippen LogP) is 4.20. The standard InChI is InChI=1S/C16H20ClNO2/c17-13-11-12(15(19)20)3-4-14(13)18-9-7-16(8-10-18)5-1-2-6-16/h3-4,11H,1-2,5-10H2,(H,19,20). The van der Waals surface area contributed by atoms with Gasteiger partial charge in [-0.1, -0.05) is 24.4 Å². The van der Waals surface area contributed by atoms with Crippen molar-refractivity contribution >= 4 is 23.3 Å². The molecule has 108 valence electrons. The number of nitrogens with zero attached hydrogens (tertiary/aromatic N) is 1. The summed E-state index contributed by atoms with van der Waals surface area (Å²) < 4.78 is 0. The first-order valence-electron chi connectivity index (χ1n) is 7.38. The van der Waals surface area contributed by atoms with Crippen molar-refractivity contribution in [1.82, 2.24) is 0 Å². The summed E-state index contributed by atoms with van der Waals surface area (Å²) in [5.74, 6) is -0.929. The number of carboxylic acid groups (broad SMARTS) is 1. The number of halogens is 1. The fourth-order valence-corrected chi connectivity index (χ4v) is 4.04. The van der Waals surface area contributed by atoms with Gasteiger partial charge in [0.25, 0.3) is 0 Å². The predicted molar refractivity (Wildman–Crippen MR) is 80.8 cm³/mol. The Morgan fingerprint density at radius 3 is 2.35 bits per heavy atom. The lowest BCUT2D eigenvalue weighted by Gasteiger charge is -2.40. The third kappa shape index (κ3) is 2.51. The second-order valence-corrected chi connectivity index (χ2v) is 6.57. The maximum absolute atomic E-state index is 10.9. The SMILES string of the molecule is O=C(O)c1ccc(N2CCC3(CCCC3)CC2)c(Cl)c1. The van der Waals surface area contributed by atoms with Gasteiger partial charge in [-0.2, -0.15) is 0 Å². The van der Waals surface area contributed by atoms with Gasteiger partial charge in [0, 0.05) is 13.1 Å². The van der Waals surface area contributed by atoms with E-state index >= 15 is 0 Å². The molecule has 1 N–H and O–H groups in total. The van der Waals surface area contributed by atoms with E-state index in [4.69, 9.17) is 16.7 Å².